The molecule has 0 spiro atoms. The zero-order valence-corrected chi connectivity index (χ0v) is 21.6. The van der Waals surface area contributed by atoms with Crippen molar-refractivity contribution in [3.63, 3.8) is 0 Å². The minimum absolute atomic E-state index is 0.0331. The number of amides is 2. The van der Waals surface area contributed by atoms with Crippen LogP contribution < -0.4 is 5.32 Å². The van der Waals surface area contributed by atoms with Gasteiger partial charge in [-0.05, 0) is 53.9 Å². The molecule has 0 aliphatic heterocycles. The van der Waals surface area contributed by atoms with Crippen molar-refractivity contribution in [1.29, 1.82) is 0 Å². The molecule has 0 aliphatic carbocycles. The largest absolute Gasteiger partial charge is 0.354 e. The fraction of sp³-hybridized carbons (Fsp3) is 0.333. The molecule has 3 aromatic rings. The highest BCUT2D eigenvalue weighted by Crippen LogP contribution is 2.22. The normalized spacial score (nSPS) is 12.5. The summed E-state index contributed by atoms with van der Waals surface area (Å²) >= 11 is 0. The first-order chi connectivity index (χ1) is 17.1. The van der Waals surface area contributed by atoms with Crippen LogP contribution in [0, 0.1) is 5.82 Å². The lowest BCUT2D eigenvalue weighted by molar-refractivity contribution is -0.140. The maximum Gasteiger partial charge on any atom is 0.243 e. The Balaban J connectivity index is 1.81. The van der Waals surface area contributed by atoms with Crippen molar-refractivity contribution in [2.45, 2.75) is 44.2 Å². The molecule has 0 aromatic heterocycles. The molecule has 3 rings (SSSR count). The van der Waals surface area contributed by atoms with Crippen LogP contribution in [0.5, 0.6) is 0 Å². The molecule has 0 fully saturated rings. The lowest BCUT2D eigenvalue weighted by Gasteiger charge is -2.30. The summed E-state index contributed by atoms with van der Waals surface area (Å²) in [4.78, 5) is 27.5. The zero-order chi connectivity index (χ0) is 26.3. The summed E-state index contributed by atoms with van der Waals surface area (Å²) in [6.45, 7) is 3.66. The van der Waals surface area contributed by atoms with Crippen LogP contribution in [0.25, 0.3) is 10.8 Å². The quantitative estimate of drug-likeness (QED) is 0.394. The fourth-order valence-electron chi connectivity index (χ4n) is 3.78. The molecular formula is C27H32FN3O4S. The predicted molar refractivity (Wildman–Crippen MR) is 138 cm³/mol. The average molecular weight is 514 g/mol. The molecule has 192 valence electrons. The van der Waals surface area contributed by atoms with Crippen molar-refractivity contribution >= 4 is 32.6 Å². The van der Waals surface area contributed by atoms with Crippen molar-refractivity contribution in [2.75, 3.05) is 20.1 Å². The molecule has 1 N–H and O–H groups in total. The number of benzene rings is 3. The van der Waals surface area contributed by atoms with Crippen molar-refractivity contribution in [3.8, 4) is 0 Å². The Bertz CT molecular complexity index is 1310. The van der Waals surface area contributed by atoms with Gasteiger partial charge in [0.25, 0.3) is 0 Å². The number of sulfonamides is 1. The lowest BCUT2D eigenvalue weighted by Crippen LogP contribution is -2.50. The highest BCUT2D eigenvalue weighted by molar-refractivity contribution is 7.89. The molecule has 36 heavy (non-hydrogen) atoms. The van der Waals surface area contributed by atoms with Crippen LogP contribution in [0.3, 0.4) is 0 Å². The van der Waals surface area contributed by atoms with E-state index < -0.39 is 34.3 Å². The van der Waals surface area contributed by atoms with Crippen LogP contribution >= 0.6 is 0 Å². The first-order valence-electron chi connectivity index (χ1n) is 11.9. The van der Waals surface area contributed by atoms with E-state index in [2.05, 4.69) is 5.32 Å². The minimum Gasteiger partial charge on any atom is -0.354 e. The maximum atomic E-state index is 13.4. The number of likely N-dealkylation sites (N-methyl/N-ethyl adjacent to an activating group) is 1. The Morgan fingerprint density at radius 2 is 1.67 bits per heavy atom. The van der Waals surface area contributed by atoms with Gasteiger partial charge in [0.2, 0.25) is 21.8 Å². The van der Waals surface area contributed by atoms with E-state index in [1.54, 1.807) is 19.1 Å². The number of hydrogen-bond acceptors (Lipinski definition) is 4. The highest BCUT2D eigenvalue weighted by atomic mass is 32.2. The number of nitrogens with zero attached hydrogens (tertiary/aromatic N) is 2. The van der Waals surface area contributed by atoms with Gasteiger partial charge in [-0.2, -0.15) is 4.31 Å². The van der Waals surface area contributed by atoms with Crippen LogP contribution in [-0.2, 0) is 26.2 Å². The van der Waals surface area contributed by atoms with Crippen LogP contribution in [0.1, 0.15) is 32.3 Å². The van der Waals surface area contributed by atoms with Crippen molar-refractivity contribution < 1.29 is 22.4 Å². The summed E-state index contributed by atoms with van der Waals surface area (Å²) in [6.07, 6.45) is 1.71. The second-order valence-corrected chi connectivity index (χ2v) is 10.8. The Kier molecular flexibility index (Phi) is 9.17. The topological polar surface area (TPSA) is 86.8 Å². The van der Waals surface area contributed by atoms with E-state index in [1.165, 1.54) is 42.3 Å². The number of unbranched alkanes of at least 4 members (excludes halogenated alkanes) is 1. The average Bonchev–Trinajstić information content (AvgIpc) is 2.87. The SMILES string of the molecule is CCCCNC(=O)C(C)N(Cc1ccc(F)cc1)C(=O)CN(C)S(=O)(=O)c1ccc2ccccc2c1. The number of carbonyl (C=O) groups excluding carboxylic acids is 2. The number of fused-ring (bicyclic) bond motifs is 1. The Labute approximate surface area is 212 Å². The Morgan fingerprint density at radius 3 is 2.33 bits per heavy atom. The Morgan fingerprint density at radius 1 is 1.00 bits per heavy atom. The molecule has 1 atom stereocenters. The van der Waals surface area contributed by atoms with Crippen molar-refractivity contribution in [3.05, 3.63) is 78.1 Å². The number of carbonyl (C=O) groups is 2. The first kappa shape index (κ1) is 27.3. The van der Waals surface area contributed by atoms with Crippen LogP contribution in [0.2, 0.25) is 0 Å². The third kappa shape index (κ3) is 6.67. The smallest absolute Gasteiger partial charge is 0.243 e. The third-order valence-electron chi connectivity index (χ3n) is 6.05. The molecule has 3 aromatic carbocycles. The number of halogens is 1. The summed E-state index contributed by atoms with van der Waals surface area (Å²) in [6, 6.07) is 17.0. The summed E-state index contributed by atoms with van der Waals surface area (Å²) in [7, 11) is -2.63. The molecule has 0 bridgehead atoms. The molecule has 9 heteroatoms. The molecule has 0 heterocycles. The predicted octanol–water partition coefficient (Wildman–Crippen LogP) is 3.93. The molecule has 0 saturated heterocycles. The van der Waals surface area contributed by atoms with Crippen LogP contribution in [0.15, 0.2) is 71.6 Å². The van der Waals surface area contributed by atoms with Gasteiger partial charge in [-0.1, -0.05) is 55.8 Å². The van der Waals surface area contributed by atoms with Crippen molar-refractivity contribution in [2.24, 2.45) is 0 Å². The monoisotopic (exact) mass is 513 g/mol. The van der Waals surface area contributed by atoms with Gasteiger partial charge < -0.3 is 10.2 Å². The van der Waals surface area contributed by atoms with E-state index in [-0.39, 0.29) is 17.3 Å². The number of nitrogens with one attached hydrogen (secondary N) is 1. The van der Waals surface area contributed by atoms with Gasteiger partial charge >= 0.3 is 0 Å². The minimum atomic E-state index is -3.97. The second kappa shape index (κ2) is 12.1. The molecule has 2 amide bonds. The molecule has 1 unspecified atom stereocenters. The number of hydrogen-bond donors (Lipinski definition) is 1. The highest BCUT2D eigenvalue weighted by Gasteiger charge is 2.30. The van der Waals surface area contributed by atoms with E-state index >= 15 is 0 Å². The summed E-state index contributed by atoms with van der Waals surface area (Å²) < 4.78 is 40.9. The summed E-state index contributed by atoms with van der Waals surface area (Å²) in [5, 5.41) is 4.49. The van der Waals surface area contributed by atoms with E-state index in [4.69, 9.17) is 0 Å². The first-order valence-corrected chi connectivity index (χ1v) is 13.3. The lowest BCUT2D eigenvalue weighted by atomic mass is 10.1. The molecule has 7 nitrogen and oxygen atoms in total. The third-order valence-corrected chi connectivity index (χ3v) is 7.85. The fourth-order valence-corrected chi connectivity index (χ4v) is 4.94. The summed E-state index contributed by atoms with van der Waals surface area (Å²) in [5.74, 6) is -1.29. The Hall–Kier alpha value is -3.30. The van der Waals surface area contributed by atoms with E-state index in [1.807, 2.05) is 31.2 Å². The second-order valence-electron chi connectivity index (χ2n) is 8.74. The van der Waals surface area contributed by atoms with Crippen LogP contribution in [0.4, 0.5) is 4.39 Å². The van der Waals surface area contributed by atoms with Gasteiger partial charge in [0.05, 0.1) is 11.4 Å². The maximum absolute atomic E-state index is 13.4. The zero-order valence-electron chi connectivity index (χ0n) is 20.8. The number of rotatable bonds is 11. The molecule has 0 saturated carbocycles. The molecule has 0 radical (unpaired) electrons. The van der Waals surface area contributed by atoms with Gasteiger partial charge in [0, 0.05) is 20.1 Å². The summed E-state index contributed by atoms with van der Waals surface area (Å²) in [5.41, 5.74) is 0.623. The van der Waals surface area contributed by atoms with Gasteiger partial charge in [-0.3, -0.25) is 9.59 Å². The van der Waals surface area contributed by atoms with Crippen LogP contribution in [-0.4, -0.2) is 55.6 Å². The molecular weight excluding hydrogens is 481 g/mol. The standard InChI is InChI=1S/C27H32FN3O4S/c1-4-5-16-29-27(33)20(2)31(18-21-10-13-24(28)14-11-21)26(32)19-30(3)36(34,35)25-15-12-22-8-6-7-9-23(22)17-25/h6-15,17,20H,4-5,16,18-19H2,1-3H3,(H,29,33). The van der Waals surface area contributed by atoms with E-state index in [0.717, 1.165) is 27.9 Å². The molecule has 0 aliphatic rings. The van der Waals surface area contributed by atoms with Gasteiger partial charge in [-0.15, -0.1) is 0 Å². The van der Waals surface area contributed by atoms with Gasteiger partial charge in [0.1, 0.15) is 11.9 Å². The van der Waals surface area contributed by atoms with E-state index in [0.29, 0.717) is 12.1 Å². The van der Waals surface area contributed by atoms with Crippen molar-refractivity contribution in [1.82, 2.24) is 14.5 Å². The van der Waals surface area contributed by atoms with Gasteiger partial charge in [-0.25, -0.2) is 12.8 Å². The van der Waals surface area contributed by atoms with Gasteiger partial charge in [0.15, 0.2) is 0 Å². The van der Waals surface area contributed by atoms with E-state index in [9.17, 15) is 22.4 Å².